The molecule has 0 fully saturated rings. The maximum Gasteiger partial charge on any atom is 0.221 e. The van der Waals surface area contributed by atoms with E-state index in [1.54, 1.807) is 0 Å². The first kappa shape index (κ1) is 15.8. The first-order chi connectivity index (χ1) is 10.3. The molecule has 6 heteroatoms. The number of hydrogen-bond acceptors (Lipinski definition) is 5. The van der Waals surface area contributed by atoms with Gasteiger partial charge in [0.25, 0.3) is 0 Å². The number of rotatable bonds is 4. The van der Waals surface area contributed by atoms with Crippen LogP contribution >= 0.6 is 0 Å². The quantitative estimate of drug-likeness (QED) is 0.806. The second-order valence-electron chi connectivity index (χ2n) is 6.05. The minimum Gasteiger partial charge on any atom is -0.365 e. The number of amides is 1. The Morgan fingerprint density at radius 1 is 1.00 bits per heavy atom. The zero-order valence-corrected chi connectivity index (χ0v) is 13.3. The van der Waals surface area contributed by atoms with Crippen LogP contribution in [-0.4, -0.2) is 21.4 Å². The molecule has 1 aromatic heterocycles. The van der Waals surface area contributed by atoms with Crippen LogP contribution in [0.1, 0.15) is 27.7 Å². The van der Waals surface area contributed by atoms with E-state index in [1.165, 1.54) is 13.3 Å². The predicted octanol–water partition coefficient (Wildman–Crippen LogP) is 3.39. The molecule has 6 nitrogen and oxygen atoms in total. The molecule has 0 radical (unpaired) electrons. The molecule has 0 aliphatic carbocycles. The number of nitrogens with zero attached hydrogens (tertiary/aromatic N) is 2. The monoisotopic (exact) mass is 299 g/mol. The van der Waals surface area contributed by atoms with Gasteiger partial charge in [0, 0.05) is 29.9 Å². The minimum absolute atomic E-state index is 0.0639. The lowest BCUT2D eigenvalue weighted by molar-refractivity contribution is -0.114. The summed E-state index contributed by atoms with van der Waals surface area (Å²) < 4.78 is 0. The molecule has 0 bridgehead atoms. The van der Waals surface area contributed by atoms with Crippen molar-refractivity contribution >= 4 is 28.9 Å². The highest BCUT2D eigenvalue weighted by molar-refractivity contribution is 5.88. The van der Waals surface area contributed by atoms with Crippen molar-refractivity contribution in [3.05, 3.63) is 36.7 Å². The van der Waals surface area contributed by atoms with Crippen molar-refractivity contribution in [3.8, 4) is 0 Å². The lowest BCUT2D eigenvalue weighted by Gasteiger charge is -2.21. The Bertz CT molecular complexity index is 646. The Morgan fingerprint density at radius 2 is 1.59 bits per heavy atom. The third-order valence-corrected chi connectivity index (χ3v) is 2.65. The molecule has 2 aromatic rings. The molecule has 116 valence electrons. The fourth-order valence-electron chi connectivity index (χ4n) is 1.87. The number of aromatic nitrogens is 2. The van der Waals surface area contributed by atoms with E-state index in [0.717, 1.165) is 17.2 Å². The van der Waals surface area contributed by atoms with Crippen molar-refractivity contribution in [2.45, 2.75) is 33.2 Å². The summed E-state index contributed by atoms with van der Waals surface area (Å²) in [4.78, 5) is 19.4. The van der Waals surface area contributed by atoms with E-state index in [1.807, 2.05) is 30.3 Å². The third-order valence-electron chi connectivity index (χ3n) is 2.65. The summed E-state index contributed by atoms with van der Waals surface area (Å²) in [5.74, 6) is 1.38. The van der Waals surface area contributed by atoms with Gasteiger partial charge in [-0.3, -0.25) is 4.79 Å². The maximum atomic E-state index is 11.0. The van der Waals surface area contributed by atoms with Gasteiger partial charge in [-0.2, -0.15) is 0 Å². The lowest BCUT2D eigenvalue weighted by Crippen LogP contribution is -2.26. The summed E-state index contributed by atoms with van der Waals surface area (Å²) in [6, 6.07) is 9.28. The highest BCUT2D eigenvalue weighted by Gasteiger charge is 2.10. The van der Waals surface area contributed by atoms with Gasteiger partial charge in [-0.1, -0.05) is 0 Å². The van der Waals surface area contributed by atoms with E-state index >= 15 is 0 Å². The number of hydrogen-bond donors (Lipinski definition) is 3. The van der Waals surface area contributed by atoms with Crippen molar-refractivity contribution in [1.29, 1.82) is 0 Å². The molecule has 3 N–H and O–H groups in total. The van der Waals surface area contributed by atoms with Crippen molar-refractivity contribution < 1.29 is 4.79 Å². The summed E-state index contributed by atoms with van der Waals surface area (Å²) in [6.45, 7) is 7.70. The zero-order chi connectivity index (χ0) is 16.2. The SMILES string of the molecule is CC(=O)Nc1ccc(Nc2cc(NC(C)(C)C)ncn2)cc1. The zero-order valence-electron chi connectivity index (χ0n) is 13.3. The summed E-state index contributed by atoms with van der Waals surface area (Å²) in [5.41, 5.74) is 1.58. The van der Waals surface area contributed by atoms with Crippen LogP contribution in [0.3, 0.4) is 0 Å². The smallest absolute Gasteiger partial charge is 0.221 e. The average molecular weight is 299 g/mol. The number of anilines is 4. The van der Waals surface area contributed by atoms with Crippen LogP contribution in [0.4, 0.5) is 23.0 Å². The van der Waals surface area contributed by atoms with Crippen LogP contribution in [0, 0.1) is 0 Å². The number of carbonyl (C=O) groups is 1. The number of nitrogens with one attached hydrogen (secondary N) is 3. The van der Waals surface area contributed by atoms with Gasteiger partial charge in [-0.15, -0.1) is 0 Å². The van der Waals surface area contributed by atoms with Crippen LogP contribution < -0.4 is 16.0 Å². The molecule has 1 amide bonds. The van der Waals surface area contributed by atoms with Crippen LogP contribution in [-0.2, 0) is 4.79 Å². The molecule has 1 aromatic carbocycles. The third kappa shape index (κ3) is 5.05. The van der Waals surface area contributed by atoms with Crippen LogP contribution in [0.15, 0.2) is 36.7 Å². The Hall–Kier alpha value is -2.63. The van der Waals surface area contributed by atoms with Gasteiger partial charge in [-0.25, -0.2) is 9.97 Å². The standard InChI is InChI=1S/C16H21N5O/c1-11(22)19-12-5-7-13(8-6-12)20-14-9-15(18-10-17-14)21-16(2,3)4/h5-10H,1-4H3,(H,19,22)(H2,17,18,20,21). The predicted molar refractivity (Wildman–Crippen MR) is 89.4 cm³/mol. The van der Waals surface area contributed by atoms with Gasteiger partial charge in [0.2, 0.25) is 5.91 Å². The molecule has 1 heterocycles. The van der Waals surface area contributed by atoms with Gasteiger partial charge in [0.15, 0.2) is 0 Å². The molecule has 0 aliphatic heterocycles. The van der Waals surface area contributed by atoms with E-state index in [-0.39, 0.29) is 11.4 Å². The molecule has 2 rings (SSSR count). The second-order valence-corrected chi connectivity index (χ2v) is 6.05. The van der Waals surface area contributed by atoms with E-state index in [9.17, 15) is 4.79 Å². The minimum atomic E-state index is -0.0885. The first-order valence-electron chi connectivity index (χ1n) is 7.07. The van der Waals surface area contributed by atoms with Crippen molar-refractivity contribution in [2.75, 3.05) is 16.0 Å². The summed E-state index contributed by atoms with van der Waals surface area (Å²) in [6.07, 6.45) is 1.52. The Morgan fingerprint density at radius 3 is 2.18 bits per heavy atom. The summed E-state index contributed by atoms with van der Waals surface area (Å²) >= 11 is 0. The Labute approximate surface area is 130 Å². The first-order valence-corrected chi connectivity index (χ1v) is 7.07. The van der Waals surface area contributed by atoms with Crippen molar-refractivity contribution in [1.82, 2.24) is 9.97 Å². The van der Waals surface area contributed by atoms with Gasteiger partial charge >= 0.3 is 0 Å². The van der Waals surface area contributed by atoms with Crippen molar-refractivity contribution in [2.24, 2.45) is 0 Å². The summed E-state index contributed by atoms with van der Waals surface area (Å²) in [7, 11) is 0. The van der Waals surface area contributed by atoms with Crippen LogP contribution in [0.25, 0.3) is 0 Å². The van der Waals surface area contributed by atoms with Gasteiger partial charge < -0.3 is 16.0 Å². The lowest BCUT2D eigenvalue weighted by atomic mass is 10.1. The fourth-order valence-corrected chi connectivity index (χ4v) is 1.87. The highest BCUT2D eigenvalue weighted by atomic mass is 16.1. The summed E-state index contributed by atoms with van der Waals surface area (Å²) in [5, 5.41) is 9.23. The van der Waals surface area contributed by atoms with E-state index in [4.69, 9.17) is 0 Å². The fraction of sp³-hybridized carbons (Fsp3) is 0.312. The molecule has 0 saturated carbocycles. The molecule has 0 aliphatic rings. The van der Waals surface area contributed by atoms with Gasteiger partial charge in [0.05, 0.1) is 0 Å². The van der Waals surface area contributed by atoms with Gasteiger partial charge in [0.1, 0.15) is 18.0 Å². The molecular formula is C16H21N5O. The molecule has 0 saturated heterocycles. The molecule has 0 unspecified atom stereocenters. The van der Waals surface area contributed by atoms with E-state index in [2.05, 4.69) is 46.7 Å². The molecular weight excluding hydrogens is 278 g/mol. The Balaban J connectivity index is 2.07. The van der Waals surface area contributed by atoms with Crippen LogP contribution in [0.5, 0.6) is 0 Å². The van der Waals surface area contributed by atoms with Crippen LogP contribution in [0.2, 0.25) is 0 Å². The number of benzene rings is 1. The molecule has 0 atom stereocenters. The van der Waals surface area contributed by atoms with Crippen molar-refractivity contribution in [3.63, 3.8) is 0 Å². The largest absolute Gasteiger partial charge is 0.365 e. The maximum absolute atomic E-state index is 11.0. The second kappa shape index (κ2) is 6.43. The molecule has 22 heavy (non-hydrogen) atoms. The topological polar surface area (TPSA) is 78.9 Å². The van der Waals surface area contributed by atoms with E-state index < -0.39 is 0 Å². The highest BCUT2D eigenvalue weighted by Crippen LogP contribution is 2.20. The normalized spacial score (nSPS) is 10.9. The van der Waals surface area contributed by atoms with E-state index in [0.29, 0.717) is 5.82 Å². The average Bonchev–Trinajstić information content (AvgIpc) is 2.39. The molecule has 0 spiro atoms. The number of carbonyl (C=O) groups excluding carboxylic acids is 1. The van der Waals surface area contributed by atoms with Gasteiger partial charge in [-0.05, 0) is 45.0 Å². The Kier molecular flexibility index (Phi) is 4.60.